The Morgan fingerprint density at radius 1 is 0.971 bits per heavy atom. The average Bonchev–Trinajstić information content (AvgIpc) is 2.80. The number of hydrogen-bond acceptors (Lipinski definition) is 4. The van der Waals surface area contributed by atoms with E-state index in [1.54, 1.807) is 18.2 Å². The van der Waals surface area contributed by atoms with Gasteiger partial charge in [0.25, 0.3) is 0 Å². The molecule has 0 aromatic heterocycles. The van der Waals surface area contributed by atoms with Gasteiger partial charge in [-0.1, -0.05) is 52.8 Å². The Morgan fingerprint density at radius 3 is 2.11 bits per heavy atom. The number of carbonyl (C=O) groups is 2. The number of aryl methyl sites for hydroxylation is 1. The molecule has 190 valence electrons. The SMILES string of the molecule is Cc1ccc(NC(=O)C(C)C)cc1NC(=O)C1CCN(S(=O)(=O)c2ccc(C(C)(C)C)cc2)CC1. The van der Waals surface area contributed by atoms with E-state index in [0.29, 0.717) is 37.3 Å². The molecule has 0 atom stereocenters. The molecule has 7 nitrogen and oxygen atoms in total. The maximum atomic E-state index is 13.1. The van der Waals surface area contributed by atoms with Crippen LogP contribution < -0.4 is 10.6 Å². The van der Waals surface area contributed by atoms with Crippen molar-refractivity contribution in [2.75, 3.05) is 23.7 Å². The van der Waals surface area contributed by atoms with E-state index in [9.17, 15) is 18.0 Å². The molecular formula is C27H37N3O4S. The van der Waals surface area contributed by atoms with Crippen molar-refractivity contribution >= 4 is 33.2 Å². The van der Waals surface area contributed by atoms with Gasteiger partial charge < -0.3 is 10.6 Å². The van der Waals surface area contributed by atoms with Crippen molar-refractivity contribution in [1.29, 1.82) is 0 Å². The molecule has 1 saturated heterocycles. The van der Waals surface area contributed by atoms with Crippen molar-refractivity contribution in [2.45, 2.75) is 64.7 Å². The fourth-order valence-corrected chi connectivity index (χ4v) is 5.46. The molecule has 3 rings (SSSR count). The van der Waals surface area contributed by atoms with Gasteiger partial charge in [0.15, 0.2) is 0 Å². The molecule has 0 radical (unpaired) electrons. The smallest absolute Gasteiger partial charge is 0.243 e. The summed E-state index contributed by atoms with van der Waals surface area (Å²) in [4.78, 5) is 25.2. The minimum absolute atomic E-state index is 0.0497. The van der Waals surface area contributed by atoms with Crippen LogP contribution in [0.4, 0.5) is 11.4 Å². The fraction of sp³-hybridized carbons (Fsp3) is 0.481. The average molecular weight is 500 g/mol. The van der Waals surface area contributed by atoms with Crippen molar-refractivity contribution in [3.05, 3.63) is 53.6 Å². The Labute approximate surface area is 209 Å². The van der Waals surface area contributed by atoms with Gasteiger partial charge in [-0.2, -0.15) is 4.31 Å². The Hall–Kier alpha value is -2.71. The molecule has 0 aliphatic carbocycles. The van der Waals surface area contributed by atoms with Gasteiger partial charge in [-0.15, -0.1) is 0 Å². The fourth-order valence-electron chi connectivity index (χ4n) is 3.99. The first-order chi connectivity index (χ1) is 16.3. The number of anilines is 2. The van der Waals surface area contributed by atoms with Gasteiger partial charge in [-0.05, 0) is 60.6 Å². The zero-order valence-electron chi connectivity index (χ0n) is 21.5. The van der Waals surface area contributed by atoms with Crippen molar-refractivity contribution in [1.82, 2.24) is 4.31 Å². The number of sulfonamides is 1. The van der Waals surface area contributed by atoms with Gasteiger partial charge in [0.05, 0.1) is 4.90 Å². The molecule has 2 aromatic rings. The lowest BCUT2D eigenvalue weighted by Gasteiger charge is -2.31. The van der Waals surface area contributed by atoms with Crippen molar-refractivity contribution in [3.8, 4) is 0 Å². The molecule has 0 saturated carbocycles. The molecule has 1 heterocycles. The van der Waals surface area contributed by atoms with Crippen molar-refractivity contribution < 1.29 is 18.0 Å². The van der Waals surface area contributed by atoms with Crippen molar-refractivity contribution in [2.24, 2.45) is 11.8 Å². The number of nitrogens with one attached hydrogen (secondary N) is 2. The third-order valence-corrected chi connectivity index (χ3v) is 8.38. The summed E-state index contributed by atoms with van der Waals surface area (Å²) < 4.78 is 27.7. The number of benzene rings is 2. The quantitative estimate of drug-likeness (QED) is 0.589. The monoisotopic (exact) mass is 499 g/mol. The van der Waals surface area contributed by atoms with E-state index >= 15 is 0 Å². The van der Waals surface area contributed by atoms with Crippen LogP contribution in [-0.4, -0.2) is 37.6 Å². The van der Waals surface area contributed by atoms with E-state index in [2.05, 4.69) is 31.4 Å². The van der Waals surface area contributed by atoms with Crippen LogP contribution in [0.25, 0.3) is 0 Å². The van der Waals surface area contributed by atoms with Gasteiger partial charge in [0.2, 0.25) is 21.8 Å². The molecule has 0 spiro atoms. The molecule has 1 aliphatic heterocycles. The normalized spacial score (nSPS) is 15.7. The highest BCUT2D eigenvalue weighted by atomic mass is 32.2. The second kappa shape index (κ2) is 10.5. The number of hydrogen-bond donors (Lipinski definition) is 2. The van der Waals surface area contributed by atoms with Crippen LogP contribution in [0.15, 0.2) is 47.4 Å². The molecule has 0 bridgehead atoms. The second-order valence-corrected chi connectivity index (χ2v) is 12.6. The topological polar surface area (TPSA) is 95.6 Å². The van der Waals surface area contributed by atoms with E-state index in [1.807, 2.05) is 45.0 Å². The highest BCUT2D eigenvalue weighted by molar-refractivity contribution is 7.89. The number of nitrogens with zero attached hydrogens (tertiary/aromatic N) is 1. The summed E-state index contributed by atoms with van der Waals surface area (Å²) >= 11 is 0. The highest BCUT2D eigenvalue weighted by Gasteiger charge is 2.32. The lowest BCUT2D eigenvalue weighted by Crippen LogP contribution is -2.41. The van der Waals surface area contributed by atoms with Gasteiger partial charge in [-0.3, -0.25) is 9.59 Å². The summed E-state index contributed by atoms with van der Waals surface area (Å²) in [5.74, 6) is -0.648. The van der Waals surface area contributed by atoms with Gasteiger partial charge in [0.1, 0.15) is 0 Å². The van der Waals surface area contributed by atoms with E-state index in [-0.39, 0.29) is 34.0 Å². The molecule has 1 aliphatic rings. The molecular weight excluding hydrogens is 462 g/mol. The summed E-state index contributed by atoms with van der Waals surface area (Å²) in [5.41, 5.74) is 3.19. The molecule has 8 heteroatoms. The first kappa shape index (κ1) is 26.9. The summed E-state index contributed by atoms with van der Waals surface area (Å²) in [6.07, 6.45) is 0.905. The lowest BCUT2D eigenvalue weighted by atomic mass is 9.87. The zero-order valence-corrected chi connectivity index (χ0v) is 22.3. The van der Waals surface area contributed by atoms with Crippen molar-refractivity contribution in [3.63, 3.8) is 0 Å². The zero-order chi connectivity index (χ0) is 26.0. The van der Waals surface area contributed by atoms with E-state index in [1.165, 1.54) is 4.31 Å². The lowest BCUT2D eigenvalue weighted by molar-refractivity contribution is -0.121. The summed E-state index contributed by atoms with van der Waals surface area (Å²) in [6.45, 7) is 12.4. The summed E-state index contributed by atoms with van der Waals surface area (Å²) in [7, 11) is -3.60. The van der Waals surface area contributed by atoms with E-state index in [0.717, 1.165) is 11.1 Å². The number of rotatable bonds is 6. The first-order valence-electron chi connectivity index (χ1n) is 12.1. The highest BCUT2D eigenvalue weighted by Crippen LogP contribution is 2.28. The second-order valence-electron chi connectivity index (χ2n) is 10.6. The van der Waals surface area contributed by atoms with E-state index in [4.69, 9.17) is 0 Å². The van der Waals surface area contributed by atoms with Crippen LogP contribution in [-0.2, 0) is 25.0 Å². The maximum absolute atomic E-state index is 13.1. The largest absolute Gasteiger partial charge is 0.326 e. The summed E-state index contributed by atoms with van der Waals surface area (Å²) in [5, 5.41) is 5.82. The Bertz CT molecular complexity index is 1170. The standard InChI is InChI=1S/C27H37N3O4S/c1-18(2)25(31)28-22-10-7-19(3)24(17-22)29-26(32)20-13-15-30(16-14-20)35(33,34)23-11-8-21(9-12-23)27(4,5)6/h7-12,17-18,20H,13-16H2,1-6H3,(H,28,31)(H,29,32). The Kier molecular flexibility index (Phi) is 8.07. The van der Waals surface area contributed by atoms with Crippen LogP contribution in [0.2, 0.25) is 0 Å². The predicted molar refractivity (Wildman–Crippen MR) is 140 cm³/mol. The maximum Gasteiger partial charge on any atom is 0.243 e. The molecule has 1 fully saturated rings. The Morgan fingerprint density at radius 2 is 1.57 bits per heavy atom. The first-order valence-corrected chi connectivity index (χ1v) is 13.6. The van der Waals surface area contributed by atoms with Crippen LogP contribution in [0, 0.1) is 18.8 Å². The van der Waals surface area contributed by atoms with Crippen LogP contribution in [0.5, 0.6) is 0 Å². The van der Waals surface area contributed by atoms with Gasteiger partial charge in [-0.25, -0.2) is 8.42 Å². The Balaban J connectivity index is 1.62. The molecule has 0 unspecified atom stereocenters. The third-order valence-electron chi connectivity index (χ3n) is 6.47. The molecule has 35 heavy (non-hydrogen) atoms. The van der Waals surface area contributed by atoms with Crippen LogP contribution in [0.3, 0.4) is 0 Å². The number of amides is 2. The van der Waals surface area contributed by atoms with Crippen LogP contribution >= 0.6 is 0 Å². The molecule has 2 N–H and O–H groups in total. The number of carbonyl (C=O) groups excluding carboxylic acids is 2. The summed E-state index contributed by atoms with van der Waals surface area (Å²) in [6, 6.07) is 12.5. The third kappa shape index (κ3) is 6.49. The van der Waals surface area contributed by atoms with E-state index < -0.39 is 10.0 Å². The molecule has 2 aromatic carbocycles. The minimum atomic E-state index is -3.60. The van der Waals surface area contributed by atoms with Gasteiger partial charge in [0, 0.05) is 36.3 Å². The molecule has 2 amide bonds. The minimum Gasteiger partial charge on any atom is -0.326 e. The number of piperidine rings is 1. The van der Waals surface area contributed by atoms with Crippen LogP contribution in [0.1, 0.15) is 58.6 Å². The predicted octanol–water partition coefficient (Wildman–Crippen LogP) is 4.93. The van der Waals surface area contributed by atoms with Gasteiger partial charge >= 0.3 is 0 Å².